The van der Waals surface area contributed by atoms with Gasteiger partial charge in [-0.2, -0.15) is 0 Å². The molecule has 0 bridgehead atoms. The first kappa shape index (κ1) is 21.8. The fourth-order valence-electron chi connectivity index (χ4n) is 4.63. The van der Waals surface area contributed by atoms with Crippen LogP contribution in [-0.2, 0) is 21.7 Å². The van der Waals surface area contributed by atoms with Gasteiger partial charge in [0.25, 0.3) is 5.91 Å². The molecule has 2 heterocycles. The highest BCUT2D eigenvalue weighted by atomic mass is 16.5. The van der Waals surface area contributed by atoms with E-state index in [1.165, 1.54) is 11.9 Å². The summed E-state index contributed by atoms with van der Waals surface area (Å²) in [7, 11) is 0. The van der Waals surface area contributed by atoms with Gasteiger partial charge >= 0.3 is 0 Å². The van der Waals surface area contributed by atoms with Gasteiger partial charge in [-0.25, -0.2) is 0 Å². The molecule has 2 aromatic carbocycles. The number of likely N-dealkylation sites (tertiary alicyclic amines) is 1. The van der Waals surface area contributed by atoms with Crippen LogP contribution in [0.1, 0.15) is 29.5 Å². The van der Waals surface area contributed by atoms with E-state index in [0.717, 1.165) is 43.8 Å². The van der Waals surface area contributed by atoms with Gasteiger partial charge in [0.1, 0.15) is 11.9 Å². The molecule has 4 rings (SSSR count). The lowest BCUT2D eigenvalue weighted by Gasteiger charge is -2.33. The van der Waals surface area contributed by atoms with Gasteiger partial charge in [-0.3, -0.25) is 19.5 Å². The molecule has 1 fully saturated rings. The van der Waals surface area contributed by atoms with Crippen LogP contribution in [0.5, 0.6) is 5.75 Å². The smallest absolute Gasteiger partial charge is 0.250 e. The summed E-state index contributed by atoms with van der Waals surface area (Å²) in [5.74, 6) is -0.699. The van der Waals surface area contributed by atoms with Gasteiger partial charge in [-0.15, -0.1) is 0 Å². The zero-order valence-electron chi connectivity index (χ0n) is 18.2. The van der Waals surface area contributed by atoms with Crippen LogP contribution in [-0.4, -0.2) is 48.3 Å². The second-order valence-corrected chi connectivity index (χ2v) is 8.46. The van der Waals surface area contributed by atoms with Crippen molar-refractivity contribution >= 4 is 18.2 Å². The van der Waals surface area contributed by atoms with Crippen LogP contribution in [0.25, 0.3) is 0 Å². The highest BCUT2D eigenvalue weighted by molar-refractivity contribution is 6.00. The van der Waals surface area contributed by atoms with Gasteiger partial charge in [0, 0.05) is 19.6 Å². The lowest BCUT2D eigenvalue weighted by atomic mass is 9.80. The van der Waals surface area contributed by atoms with Crippen LogP contribution in [0, 0.1) is 6.92 Å². The van der Waals surface area contributed by atoms with E-state index < -0.39 is 23.4 Å². The van der Waals surface area contributed by atoms with Crippen LogP contribution < -0.4 is 21.5 Å². The van der Waals surface area contributed by atoms with Gasteiger partial charge in [0.05, 0.1) is 6.34 Å². The predicted octanol–water partition coefficient (Wildman–Crippen LogP) is 1.20. The molecule has 0 aromatic heterocycles. The Labute approximate surface area is 187 Å². The van der Waals surface area contributed by atoms with Crippen molar-refractivity contribution in [2.24, 2.45) is 16.5 Å². The molecular weight excluding hydrogens is 406 g/mol. The third-order valence-corrected chi connectivity index (χ3v) is 6.29. The fourth-order valence-corrected chi connectivity index (χ4v) is 4.63. The normalized spacial score (nSPS) is 23.6. The number of hydrogen-bond acceptors (Lipinski definition) is 6. The molecule has 2 atom stereocenters. The van der Waals surface area contributed by atoms with Gasteiger partial charge in [-0.1, -0.05) is 36.4 Å². The first-order chi connectivity index (χ1) is 15.4. The number of rotatable bonds is 7. The van der Waals surface area contributed by atoms with Crippen molar-refractivity contribution in [3.05, 3.63) is 65.2 Å². The summed E-state index contributed by atoms with van der Waals surface area (Å²) in [4.78, 5) is 30.8. The standard InChI is InChI=1S/C24H29N5O3/c1-16-13-19(7-8-20(16)24(23(26)31)21(22(25)30)27-15-28-24)32-18-9-11-29(12-10-18)14-17-5-3-2-4-6-17/h2-8,13,15,18,21H,9-12,14H2,1H3,(H2,25,30)(H2,26,31)(H,27,28). The number of amides is 2. The predicted molar refractivity (Wildman–Crippen MR) is 122 cm³/mol. The molecule has 0 radical (unpaired) electrons. The van der Waals surface area contributed by atoms with Crippen molar-refractivity contribution in [3.8, 4) is 5.75 Å². The monoisotopic (exact) mass is 435 g/mol. The third-order valence-electron chi connectivity index (χ3n) is 6.29. The van der Waals surface area contributed by atoms with E-state index in [1.807, 2.05) is 19.1 Å². The maximum atomic E-state index is 12.4. The summed E-state index contributed by atoms with van der Waals surface area (Å²) in [6.07, 6.45) is 3.33. The zero-order valence-corrected chi connectivity index (χ0v) is 18.2. The van der Waals surface area contributed by atoms with Crippen molar-refractivity contribution in [1.29, 1.82) is 0 Å². The van der Waals surface area contributed by atoms with Crippen molar-refractivity contribution in [2.75, 3.05) is 13.1 Å². The fraction of sp³-hybridized carbons (Fsp3) is 0.375. The molecule has 168 valence electrons. The number of hydrogen-bond donors (Lipinski definition) is 3. The summed E-state index contributed by atoms with van der Waals surface area (Å²) >= 11 is 0. The summed E-state index contributed by atoms with van der Waals surface area (Å²) in [6, 6.07) is 14.8. The molecule has 0 spiro atoms. The lowest BCUT2D eigenvalue weighted by molar-refractivity contribution is -0.130. The van der Waals surface area contributed by atoms with Crippen molar-refractivity contribution in [2.45, 2.75) is 44.0 Å². The molecule has 2 aliphatic rings. The number of ether oxygens (including phenoxy) is 1. The highest BCUT2D eigenvalue weighted by Crippen LogP contribution is 2.34. The Morgan fingerprint density at radius 1 is 1.16 bits per heavy atom. The third kappa shape index (κ3) is 4.18. The molecule has 2 aromatic rings. The number of nitrogens with one attached hydrogen (secondary N) is 1. The van der Waals surface area contributed by atoms with E-state index in [1.54, 1.807) is 12.1 Å². The summed E-state index contributed by atoms with van der Waals surface area (Å²) < 4.78 is 6.23. The number of carbonyl (C=O) groups excluding carboxylic acids is 2. The molecule has 1 saturated heterocycles. The minimum atomic E-state index is -1.49. The number of benzene rings is 2. The van der Waals surface area contributed by atoms with Crippen molar-refractivity contribution < 1.29 is 14.3 Å². The maximum Gasteiger partial charge on any atom is 0.250 e. The van der Waals surface area contributed by atoms with Crippen molar-refractivity contribution in [1.82, 2.24) is 10.2 Å². The molecule has 8 nitrogen and oxygen atoms in total. The molecule has 0 aliphatic carbocycles. The highest BCUT2D eigenvalue weighted by Gasteiger charge is 2.52. The Morgan fingerprint density at radius 2 is 1.88 bits per heavy atom. The first-order valence-corrected chi connectivity index (χ1v) is 10.8. The number of nitrogens with two attached hydrogens (primary N) is 2. The zero-order chi connectivity index (χ0) is 22.7. The summed E-state index contributed by atoms with van der Waals surface area (Å²) in [6.45, 7) is 4.76. The molecule has 2 unspecified atom stereocenters. The van der Waals surface area contributed by atoms with Crippen LogP contribution in [0.4, 0.5) is 0 Å². The number of nitrogens with zero attached hydrogens (tertiary/aromatic N) is 2. The average Bonchev–Trinajstić information content (AvgIpc) is 3.22. The molecule has 32 heavy (non-hydrogen) atoms. The molecular formula is C24H29N5O3. The molecule has 2 aliphatic heterocycles. The summed E-state index contributed by atoms with van der Waals surface area (Å²) in [5, 5.41) is 2.87. The molecule has 5 N–H and O–H groups in total. The number of piperidine rings is 1. The Kier molecular flexibility index (Phi) is 6.14. The van der Waals surface area contributed by atoms with Crippen LogP contribution in [0.2, 0.25) is 0 Å². The van der Waals surface area contributed by atoms with Gasteiger partial charge in [0.2, 0.25) is 5.91 Å². The quantitative estimate of drug-likeness (QED) is 0.603. The lowest BCUT2D eigenvalue weighted by Crippen LogP contribution is -2.59. The second-order valence-electron chi connectivity index (χ2n) is 8.46. The van der Waals surface area contributed by atoms with Crippen LogP contribution >= 0.6 is 0 Å². The van der Waals surface area contributed by atoms with E-state index in [2.05, 4.69) is 39.5 Å². The van der Waals surface area contributed by atoms with Crippen LogP contribution in [0.3, 0.4) is 0 Å². The largest absolute Gasteiger partial charge is 0.490 e. The second kappa shape index (κ2) is 9.00. The van der Waals surface area contributed by atoms with Gasteiger partial charge < -0.3 is 21.5 Å². The SMILES string of the molecule is Cc1cc(OC2CCN(Cc3ccccc3)CC2)ccc1C1(C(N)=O)NC=NC1C(N)=O. The number of carbonyl (C=O) groups is 2. The van der Waals surface area contributed by atoms with Gasteiger partial charge in [-0.05, 0) is 48.6 Å². The van der Waals surface area contributed by atoms with Crippen LogP contribution in [0.15, 0.2) is 53.5 Å². The Bertz CT molecular complexity index is 1020. The van der Waals surface area contributed by atoms with E-state index in [0.29, 0.717) is 5.56 Å². The molecule has 0 saturated carbocycles. The van der Waals surface area contributed by atoms with E-state index in [4.69, 9.17) is 16.2 Å². The Morgan fingerprint density at radius 3 is 2.50 bits per heavy atom. The van der Waals surface area contributed by atoms with E-state index in [9.17, 15) is 9.59 Å². The van der Waals surface area contributed by atoms with Crippen molar-refractivity contribution in [3.63, 3.8) is 0 Å². The number of primary amides is 2. The van der Waals surface area contributed by atoms with E-state index >= 15 is 0 Å². The molecule has 8 heteroatoms. The van der Waals surface area contributed by atoms with Gasteiger partial charge in [0.15, 0.2) is 11.6 Å². The topological polar surface area (TPSA) is 123 Å². The minimum absolute atomic E-state index is 0.128. The maximum absolute atomic E-state index is 12.4. The summed E-state index contributed by atoms with van der Waals surface area (Å²) in [5.41, 5.74) is 12.3. The minimum Gasteiger partial charge on any atom is -0.490 e. The first-order valence-electron chi connectivity index (χ1n) is 10.8. The molecule has 2 amide bonds. The van der Waals surface area contributed by atoms with E-state index in [-0.39, 0.29) is 6.10 Å². The Hall–Kier alpha value is -3.39. The number of aliphatic imine (C=N–C) groups is 1. The number of aryl methyl sites for hydroxylation is 1. The Balaban J connectivity index is 1.42. The average molecular weight is 436 g/mol.